The van der Waals surface area contributed by atoms with E-state index in [1.165, 1.54) is 30.3 Å². The summed E-state index contributed by atoms with van der Waals surface area (Å²) in [6.45, 7) is 0. The van der Waals surface area contributed by atoms with Gasteiger partial charge in [0.2, 0.25) is 5.88 Å². The lowest BCUT2D eigenvalue weighted by Crippen LogP contribution is -1.96. The highest BCUT2D eigenvalue weighted by Crippen LogP contribution is 2.32. The molecule has 8 heteroatoms. The zero-order valence-electron chi connectivity index (χ0n) is 9.34. The van der Waals surface area contributed by atoms with E-state index in [1.807, 2.05) is 0 Å². The van der Waals surface area contributed by atoms with E-state index in [0.29, 0.717) is 5.75 Å². The number of nitrogen functional groups attached to an aromatic ring is 1. The largest absolute Gasteiger partial charge is 0.437 e. The van der Waals surface area contributed by atoms with Gasteiger partial charge < -0.3 is 10.5 Å². The van der Waals surface area contributed by atoms with E-state index in [-0.39, 0.29) is 27.4 Å². The molecule has 19 heavy (non-hydrogen) atoms. The Kier molecular flexibility index (Phi) is 3.73. The van der Waals surface area contributed by atoms with E-state index in [0.717, 1.165) is 0 Å². The Morgan fingerprint density at radius 1 is 1.21 bits per heavy atom. The number of aromatic nitrogens is 1. The lowest BCUT2D eigenvalue weighted by atomic mass is 10.3. The summed E-state index contributed by atoms with van der Waals surface area (Å²) >= 11 is 11.6. The number of anilines is 1. The van der Waals surface area contributed by atoms with E-state index < -0.39 is 4.92 Å². The number of nitro groups is 1. The molecule has 0 bridgehead atoms. The first-order valence-electron chi connectivity index (χ1n) is 5.01. The number of rotatable bonds is 3. The minimum atomic E-state index is -0.505. The lowest BCUT2D eigenvalue weighted by molar-refractivity contribution is -0.384. The fourth-order valence-electron chi connectivity index (χ4n) is 1.28. The summed E-state index contributed by atoms with van der Waals surface area (Å²) in [5.74, 6) is 0.516. The quantitative estimate of drug-likeness (QED) is 0.689. The minimum absolute atomic E-state index is 0.0398. The van der Waals surface area contributed by atoms with Gasteiger partial charge in [-0.3, -0.25) is 10.1 Å². The van der Waals surface area contributed by atoms with Crippen molar-refractivity contribution >= 4 is 34.7 Å². The Hall–Kier alpha value is -2.05. The molecule has 2 aromatic rings. The molecule has 0 unspecified atom stereocenters. The van der Waals surface area contributed by atoms with Gasteiger partial charge in [-0.05, 0) is 18.2 Å². The molecule has 2 N–H and O–H groups in total. The van der Waals surface area contributed by atoms with Crippen LogP contribution in [-0.2, 0) is 0 Å². The molecule has 0 spiro atoms. The second-order valence-electron chi connectivity index (χ2n) is 3.50. The summed E-state index contributed by atoms with van der Waals surface area (Å²) in [7, 11) is 0. The fraction of sp³-hybridized carbons (Fsp3) is 0. The Bertz CT molecular complexity index is 632. The Labute approximate surface area is 117 Å². The summed E-state index contributed by atoms with van der Waals surface area (Å²) in [6, 6.07) is 6.89. The number of nitro benzene ring substituents is 1. The number of nitrogens with zero attached hydrogens (tertiary/aromatic N) is 2. The molecular formula is C11H7Cl2N3O3. The molecular weight excluding hydrogens is 293 g/mol. The van der Waals surface area contributed by atoms with Crippen LogP contribution < -0.4 is 10.5 Å². The number of ether oxygens (including phenoxy) is 1. The number of nitrogens with two attached hydrogens (primary N) is 1. The zero-order valence-corrected chi connectivity index (χ0v) is 10.9. The third-order valence-electron chi connectivity index (χ3n) is 2.19. The summed E-state index contributed by atoms with van der Waals surface area (Å²) in [6.07, 6.45) is 0. The topological polar surface area (TPSA) is 91.3 Å². The van der Waals surface area contributed by atoms with Crippen LogP contribution in [0.15, 0.2) is 30.3 Å². The number of hydrogen-bond acceptors (Lipinski definition) is 5. The van der Waals surface area contributed by atoms with Crippen LogP contribution >= 0.6 is 23.2 Å². The van der Waals surface area contributed by atoms with Crippen LogP contribution in [0.5, 0.6) is 11.6 Å². The molecule has 2 rings (SSSR count). The molecule has 6 nitrogen and oxygen atoms in total. The number of pyridine rings is 1. The SMILES string of the molecule is Nc1nc(Oc2ccc([N+](=O)[O-])cc2)c(Cl)cc1Cl. The van der Waals surface area contributed by atoms with Crippen molar-refractivity contribution in [3.05, 3.63) is 50.5 Å². The first-order valence-corrected chi connectivity index (χ1v) is 5.77. The predicted molar refractivity (Wildman–Crippen MR) is 71.8 cm³/mol. The molecule has 1 aromatic carbocycles. The van der Waals surface area contributed by atoms with Gasteiger partial charge in [-0.1, -0.05) is 23.2 Å². The number of halogens is 2. The molecule has 0 radical (unpaired) electrons. The fourth-order valence-corrected chi connectivity index (χ4v) is 1.68. The monoisotopic (exact) mass is 299 g/mol. The molecule has 0 fully saturated rings. The second-order valence-corrected chi connectivity index (χ2v) is 4.31. The Morgan fingerprint density at radius 2 is 1.84 bits per heavy atom. The molecule has 0 aliphatic carbocycles. The van der Waals surface area contributed by atoms with Gasteiger partial charge in [0.15, 0.2) is 0 Å². The van der Waals surface area contributed by atoms with Crippen molar-refractivity contribution in [3.63, 3.8) is 0 Å². The summed E-state index contributed by atoms with van der Waals surface area (Å²) in [4.78, 5) is 13.9. The predicted octanol–water partition coefficient (Wildman–Crippen LogP) is 3.67. The van der Waals surface area contributed by atoms with Crippen molar-refractivity contribution in [2.75, 3.05) is 5.73 Å². The molecule has 0 atom stereocenters. The average molecular weight is 300 g/mol. The van der Waals surface area contributed by atoms with Crippen LogP contribution in [0.1, 0.15) is 0 Å². The highest BCUT2D eigenvalue weighted by molar-refractivity contribution is 6.36. The van der Waals surface area contributed by atoms with Crippen molar-refractivity contribution in [3.8, 4) is 11.6 Å². The molecule has 0 aliphatic heterocycles. The molecule has 0 saturated heterocycles. The highest BCUT2D eigenvalue weighted by atomic mass is 35.5. The normalized spacial score (nSPS) is 10.2. The maximum atomic E-state index is 10.5. The minimum Gasteiger partial charge on any atom is -0.437 e. The maximum absolute atomic E-state index is 10.5. The summed E-state index contributed by atoms with van der Waals surface area (Å²) in [5, 5.41) is 10.9. The Morgan fingerprint density at radius 3 is 2.42 bits per heavy atom. The first-order chi connectivity index (χ1) is 8.97. The van der Waals surface area contributed by atoms with Crippen molar-refractivity contribution in [1.82, 2.24) is 4.98 Å². The summed E-state index contributed by atoms with van der Waals surface area (Å²) in [5.41, 5.74) is 5.50. The van der Waals surface area contributed by atoms with Gasteiger partial charge in [0.05, 0.1) is 9.95 Å². The maximum Gasteiger partial charge on any atom is 0.269 e. The standard InChI is InChI=1S/C11H7Cl2N3O3/c12-8-5-9(13)11(15-10(8)14)19-7-3-1-6(2-4-7)16(17)18/h1-5H,(H2,14,15). The van der Waals surface area contributed by atoms with Crippen molar-refractivity contribution in [2.24, 2.45) is 0 Å². The van der Waals surface area contributed by atoms with Crippen molar-refractivity contribution in [1.29, 1.82) is 0 Å². The second kappa shape index (κ2) is 5.29. The van der Waals surface area contributed by atoms with Gasteiger partial charge in [0, 0.05) is 12.1 Å². The van der Waals surface area contributed by atoms with Gasteiger partial charge in [-0.25, -0.2) is 0 Å². The molecule has 0 aliphatic rings. The number of non-ortho nitro benzene ring substituents is 1. The van der Waals surface area contributed by atoms with Crippen LogP contribution in [0, 0.1) is 10.1 Å². The molecule has 1 aromatic heterocycles. The Balaban J connectivity index is 2.26. The number of hydrogen-bond donors (Lipinski definition) is 1. The number of benzene rings is 1. The first kappa shape index (κ1) is 13.4. The summed E-state index contributed by atoms with van der Waals surface area (Å²) < 4.78 is 5.38. The van der Waals surface area contributed by atoms with Gasteiger partial charge in [0.25, 0.3) is 5.69 Å². The van der Waals surface area contributed by atoms with Crippen LogP contribution in [0.25, 0.3) is 0 Å². The van der Waals surface area contributed by atoms with Crippen molar-refractivity contribution in [2.45, 2.75) is 0 Å². The van der Waals surface area contributed by atoms with Gasteiger partial charge >= 0.3 is 0 Å². The highest BCUT2D eigenvalue weighted by Gasteiger charge is 2.10. The van der Waals surface area contributed by atoms with Crippen LogP contribution in [0.2, 0.25) is 10.0 Å². The van der Waals surface area contributed by atoms with E-state index in [2.05, 4.69) is 4.98 Å². The van der Waals surface area contributed by atoms with Crippen LogP contribution in [-0.4, -0.2) is 9.91 Å². The molecule has 0 amide bonds. The van der Waals surface area contributed by atoms with Crippen LogP contribution in [0.4, 0.5) is 11.5 Å². The van der Waals surface area contributed by atoms with Gasteiger partial charge in [-0.2, -0.15) is 4.98 Å². The smallest absolute Gasteiger partial charge is 0.269 e. The van der Waals surface area contributed by atoms with E-state index in [9.17, 15) is 10.1 Å². The average Bonchev–Trinajstić information content (AvgIpc) is 2.36. The molecule has 1 heterocycles. The van der Waals surface area contributed by atoms with E-state index in [1.54, 1.807) is 0 Å². The van der Waals surface area contributed by atoms with Gasteiger partial charge in [0.1, 0.15) is 16.6 Å². The van der Waals surface area contributed by atoms with Gasteiger partial charge in [-0.15, -0.1) is 0 Å². The third-order valence-corrected chi connectivity index (χ3v) is 2.76. The molecule has 0 saturated carbocycles. The molecule has 98 valence electrons. The zero-order chi connectivity index (χ0) is 14.0. The van der Waals surface area contributed by atoms with Crippen molar-refractivity contribution < 1.29 is 9.66 Å². The van der Waals surface area contributed by atoms with E-state index >= 15 is 0 Å². The van der Waals surface area contributed by atoms with E-state index in [4.69, 9.17) is 33.7 Å². The lowest BCUT2D eigenvalue weighted by Gasteiger charge is -2.07. The third kappa shape index (κ3) is 3.04. The van der Waals surface area contributed by atoms with Crippen LogP contribution in [0.3, 0.4) is 0 Å².